The average molecular weight is 231 g/mol. The van der Waals surface area contributed by atoms with Gasteiger partial charge in [-0.25, -0.2) is 9.97 Å². The van der Waals surface area contributed by atoms with Gasteiger partial charge in [-0.3, -0.25) is 0 Å². The molecule has 1 aromatic rings. The van der Waals surface area contributed by atoms with Crippen LogP contribution in [0, 0.1) is 0 Å². The molecule has 0 aliphatic heterocycles. The van der Waals surface area contributed by atoms with Crippen molar-refractivity contribution in [2.75, 3.05) is 0 Å². The maximum atomic E-state index is 6.25. The van der Waals surface area contributed by atoms with Gasteiger partial charge in [0.1, 0.15) is 5.82 Å². The number of alkyl halides is 2. The second-order valence-corrected chi connectivity index (χ2v) is 4.82. The zero-order valence-corrected chi connectivity index (χ0v) is 9.25. The van der Waals surface area contributed by atoms with Gasteiger partial charge in [0.2, 0.25) is 0 Å². The fourth-order valence-corrected chi connectivity index (χ4v) is 2.72. The highest BCUT2D eigenvalue weighted by Crippen LogP contribution is 2.36. The molecule has 1 fully saturated rings. The van der Waals surface area contributed by atoms with E-state index in [1.165, 1.54) is 0 Å². The first-order valence-electron chi connectivity index (χ1n) is 4.82. The molecule has 1 aliphatic carbocycles. The zero-order valence-electron chi connectivity index (χ0n) is 7.74. The third-order valence-corrected chi connectivity index (χ3v) is 3.50. The van der Waals surface area contributed by atoms with Crippen LogP contribution in [-0.2, 0) is 0 Å². The Bertz CT molecular complexity index is 291. The van der Waals surface area contributed by atoms with Crippen LogP contribution in [0.4, 0.5) is 0 Å². The Kier molecular flexibility index (Phi) is 3.24. The molecule has 0 aromatic carbocycles. The van der Waals surface area contributed by atoms with E-state index in [9.17, 15) is 0 Å². The highest BCUT2D eigenvalue weighted by atomic mass is 35.5. The highest BCUT2D eigenvalue weighted by Gasteiger charge is 2.30. The standard InChI is InChI=1S/C10H12Cl2N2/c11-7-2-3-8(9(12)6-7)10-13-4-1-5-14-10/h1,4-5,7-9H,2-3,6H2. The summed E-state index contributed by atoms with van der Waals surface area (Å²) >= 11 is 12.3. The minimum Gasteiger partial charge on any atom is -0.241 e. The van der Waals surface area contributed by atoms with Crippen molar-refractivity contribution in [1.29, 1.82) is 0 Å². The molecule has 0 radical (unpaired) electrons. The summed E-state index contributed by atoms with van der Waals surface area (Å²) in [6.45, 7) is 0. The molecule has 1 aliphatic rings. The van der Waals surface area contributed by atoms with Gasteiger partial charge in [0.25, 0.3) is 0 Å². The summed E-state index contributed by atoms with van der Waals surface area (Å²) in [6, 6.07) is 1.82. The Balaban J connectivity index is 2.12. The smallest absolute Gasteiger partial charge is 0.132 e. The van der Waals surface area contributed by atoms with Crippen molar-refractivity contribution in [1.82, 2.24) is 9.97 Å². The highest BCUT2D eigenvalue weighted by molar-refractivity contribution is 6.24. The number of rotatable bonds is 1. The van der Waals surface area contributed by atoms with Gasteiger partial charge in [-0.2, -0.15) is 0 Å². The lowest BCUT2D eigenvalue weighted by molar-refractivity contribution is 0.440. The van der Waals surface area contributed by atoms with Gasteiger partial charge >= 0.3 is 0 Å². The molecule has 0 saturated heterocycles. The third-order valence-electron chi connectivity index (χ3n) is 2.63. The SMILES string of the molecule is ClC1CCC(c2ncccn2)C(Cl)C1. The second kappa shape index (κ2) is 4.45. The Morgan fingerprint density at radius 1 is 1.14 bits per heavy atom. The molecule has 4 heteroatoms. The van der Waals surface area contributed by atoms with E-state index in [0.29, 0.717) is 0 Å². The molecule has 0 bridgehead atoms. The molecule has 0 amide bonds. The molecule has 0 spiro atoms. The van der Waals surface area contributed by atoms with Crippen LogP contribution in [0.25, 0.3) is 0 Å². The normalized spacial score (nSPS) is 32.9. The maximum Gasteiger partial charge on any atom is 0.132 e. The maximum absolute atomic E-state index is 6.25. The topological polar surface area (TPSA) is 25.8 Å². The monoisotopic (exact) mass is 230 g/mol. The quantitative estimate of drug-likeness (QED) is 0.694. The Morgan fingerprint density at radius 2 is 1.86 bits per heavy atom. The van der Waals surface area contributed by atoms with Crippen LogP contribution >= 0.6 is 23.2 Å². The first-order chi connectivity index (χ1) is 6.77. The van der Waals surface area contributed by atoms with E-state index in [1.54, 1.807) is 12.4 Å². The van der Waals surface area contributed by atoms with Crippen LogP contribution in [0.1, 0.15) is 31.0 Å². The summed E-state index contributed by atoms with van der Waals surface area (Å²) in [5.41, 5.74) is 0. The van der Waals surface area contributed by atoms with E-state index < -0.39 is 0 Å². The molecular formula is C10H12Cl2N2. The van der Waals surface area contributed by atoms with Crippen LogP contribution in [0.15, 0.2) is 18.5 Å². The van der Waals surface area contributed by atoms with Crippen molar-refractivity contribution in [2.24, 2.45) is 0 Å². The molecule has 76 valence electrons. The largest absolute Gasteiger partial charge is 0.241 e. The minimum absolute atomic E-state index is 0.0775. The Labute approximate surface area is 93.7 Å². The van der Waals surface area contributed by atoms with Gasteiger partial charge in [-0.05, 0) is 25.3 Å². The van der Waals surface area contributed by atoms with Gasteiger partial charge in [-0.1, -0.05) is 0 Å². The molecule has 2 rings (SSSR count). The van der Waals surface area contributed by atoms with Crippen LogP contribution in [0.2, 0.25) is 0 Å². The third kappa shape index (κ3) is 2.18. The van der Waals surface area contributed by atoms with Gasteiger partial charge < -0.3 is 0 Å². The molecule has 1 saturated carbocycles. The van der Waals surface area contributed by atoms with Gasteiger partial charge in [-0.15, -0.1) is 23.2 Å². The Morgan fingerprint density at radius 3 is 2.50 bits per heavy atom. The lowest BCUT2D eigenvalue weighted by atomic mass is 9.88. The van der Waals surface area contributed by atoms with Crippen molar-refractivity contribution < 1.29 is 0 Å². The first-order valence-corrected chi connectivity index (χ1v) is 5.69. The first kappa shape index (κ1) is 10.2. The molecule has 3 atom stereocenters. The second-order valence-electron chi connectivity index (χ2n) is 3.64. The molecule has 14 heavy (non-hydrogen) atoms. The zero-order chi connectivity index (χ0) is 9.97. The summed E-state index contributed by atoms with van der Waals surface area (Å²) in [6.07, 6.45) is 6.38. The number of hydrogen-bond donors (Lipinski definition) is 0. The van der Waals surface area contributed by atoms with E-state index in [-0.39, 0.29) is 16.7 Å². The fourth-order valence-electron chi connectivity index (χ4n) is 1.86. The fraction of sp³-hybridized carbons (Fsp3) is 0.600. The van der Waals surface area contributed by atoms with Crippen molar-refractivity contribution in [3.8, 4) is 0 Å². The summed E-state index contributed by atoms with van der Waals surface area (Å²) in [7, 11) is 0. The van der Waals surface area contributed by atoms with Crippen molar-refractivity contribution in [2.45, 2.75) is 35.9 Å². The van der Waals surface area contributed by atoms with E-state index >= 15 is 0 Å². The van der Waals surface area contributed by atoms with Crippen LogP contribution in [0.5, 0.6) is 0 Å². The van der Waals surface area contributed by atoms with E-state index in [4.69, 9.17) is 23.2 Å². The van der Waals surface area contributed by atoms with Crippen molar-refractivity contribution >= 4 is 23.2 Å². The van der Waals surface area contributed by atoms with Crippen molar-refractivity contribution in [3.05, 3.63) is 24.3 Å². The summed E-state index contributed by atoms with van der Waals surface area (Å²) in [5.74, 6) is 1.13. The molecule has 1 heterocycles. The Hall–Kier alpha value is -0.340. The van der Waals surface area contributed by atoms with E-state index in [0.717, 1.165) is 25.1 Å². The molecule has 1 aromatic heterocycles. The molecular weight excluding hydrogens is 219 g/mol. The minimum atomic E-state index is 0.0775. The number of hydrogen-bond acceptors (Lipinski definition) is 2. The molecule has 2 nitrogen and oxygen atoms in total. The molecule has 3 unspecified atom stereocenters. The summed E-state index contributed by atoms with van der Waals surface area (Å²) in [5, 5.41) is 0.297. The number of nitrogens with zero attached hydrogens (tertiary/aromatic N) is 2. The van der Waals surface area contributed by atoms with Crippen LogP contribution < -0.4 is 0 Å². The average Bonchev–Trinajstić information content (AvgIpc) is 2.19. The van der Waals surface area contributed by atoms with Gasteiger partial charge in [0.05, 0.1) is 0 Å². The summed E-state index contributed by atoms with van der Waals surface area (Å²) < 4.78 is 0. The van der Waals surface area contributed by atoms with E-state index in [1.807, 2.05) is 6.07 Å². The van der Waals surface area contributed by atoms with Crippen LogP contribution in [-0.4, -0.2) is 20.7 Å². The molecule has 0 N–H and O–H groups in total. The lowest BCUT2D eigenvalue weighted by Gasteiger charge is -2.28. The number of halogens is 2. The van der Waals surface area contributed by atoms with Gasteiger partial charge in [0, 0.05) is 29.1 Å². The van der Waals surface area contributed by atoms with E-state index in [2.05, 4.69) is 9.97 Å². The summed E-state index contributed by atoms with van der Waals surface area (Å²) in [4.78, 5) is 8.48. The van der Waals surface area contributed by atoms with Crippen molar-refractivity contribution in [3.63, 3.8) is 0 Å². The van der Waals surface area contributed by atoms with Gasteiger partial charge in [0.15, 0.2) is 0 Å². The number of aromatic nitrogens is 2. The predicted molar refractivity (Wildman–Crippen MR) is 57.9 cm³/mol. The predicted octanol–water partition coefficient (Wildman–Crippen LogP) is 2.96. The van der Waals surface area contributed by atoms with Crippen LogP contribution in [0.3, 0.4) is 0 Å². The lowest BCUT2D eigenvalue weighted by Crippen LogP contribution is -2.25.